The Bertz CT molecular complexity index is 516. The molecule has 0 aliphatic heterocycles. The van der Waals surface area contributed by atoms with E-state index in [0.717, 1.165) is 12.1 Å². The van der Waals surface area contributed by atoms with Gasteiger partial charge in [0.2, 0.25) is 0 Å². The van der Waals surface area contributed by atoms with Gasteiger partial charge in [-0.3, -0.25) is 5.32 Å². The average Bonchev–Trinajstić information content (AvgIpc) is 2.24. The average molecular weight is 287 g/mol. The van der Waals surface area contributed by atoms with Gasteiger partial charge >= 0.3 is 12.3 Å². The van der Waals surface area contributed by atoms with Crippen LogP contribution in [0, 0.1) is 0 Å². The van der Waals surface area contributed by atoms with Crippen LogP contribution in [0.1, 0.15) is 31.9 Å². The largest absolute Gasteiger partial charge is 0.444 e. The Hall–Kier alpha value is -1.98. The van der Waals surface area contributed by atoms with E-state index in [4.69, 9.17) is 4.74 Å². The van der Waals surface area contributed by atoms with Crippen molar-refractivity contribution in [1.82, 2.24) is 0 Å². The number of ether oxygens (including phenoxy) is 1. The van der Waals surface area contributed by atoms with E-state index in [1.807, 2.05) is 0 Å². The molecule has 0 fully saturated rings. The first-order valence-electron chi connectivity index (χ1n) is 5.86. The lowest BCUT2D eigenvalue weighted by molar-refractivity contribution is -0.137. The maximum absolute atomic E-state index is 12.6. The molecule has 0 radical (unpaired) electrons. The third-order valence-electron chi connectivity index (χ3n) is 2.24. The van der Waals surface area contributed by atoms with Gasteiger partial charge < -0.3 is 4.74 Å². The Kier molecular flexibility index (Phi) is 4.47. The topological polar surface area (TPSA) is 38.3 Å². The molecule has 6 heteroatoms. The Morgan fingerprint density at radius 2 is 1.90 bits per heavy atom. The highest BCUT2D eigenvalue weighted by molar-refractivity contribution is 5.88. The van der Waals surface area contributed by atoms with Gasteiger partial charge in [0.15, 0.2) is 0 Å². The normalized spacial score (nSPS) is 11.9. The molecule has 0 saturated heterocycles. The number of alkyl halides is 3. The second-order valence-electron chi connectivity index (χ2n) is 5.13. The third-order valence-corrected chi connectivity index (χ3v) is 2.24. The fourth-order valence-corrected chi connectivity index (χ4v) is 1.43. The number of halogens is 3. The van der Waals surface area contributed by atoms with Gasteiger partial charge in [-0.25, -0.2) is 4.79 Å². The van der Waals surface area contributed by atoms with Gasteiger partial charge in [0.05, 0.1) is 11.3 Å². The Morgan fingerprint density at radius 3 is 2.35 bits per heavy atom. The summed E-state index contributed by atoms with van der Waals surface area (Å²) in [4.78, 5) is 11.6. The zero-order chi connectivity index (χ0) is 15.6. The molecule has 1 amide bonds. The highest BCUT2D eigenvalue weighted by atomic mass is 19.4. The predicted octanol–water partition coefficient (Wildman–Crippen LogP) is 4.70. The summed E-state index contributed by atoms with van der Waals surface area (Å²) in [6.07, 6.45) is -3.95. The second kappa shape index (κ2) is 5.56. The summed E-state index contributed by atoms with van der Waals surface area (Å²) in [6, 6.07) is 3.01. The minimum Gasteiger partial charge on any atom is -0.444 e. The lowest BCUT2D eigenvalue weighted by atomic mass is 10.1. The molecule has 1 N–H and O–H groups in total. The standard InChI is InChI=1S/C14H16F3NO2/c1-5-9-6-7-10(14(15,16)17)8-11(9)18-12(19)20-13(2,3)4/h5-8H,1H2,2-4H3,(H,18,19). The van der Waals surface area contributed by atoms with Crippen LogP contribution in [0.15, 0.2) is 24.8 Å². The maximum atomic E-state index is 12.6. The fraction of sp³-hybridized carbons (Fsp3) is 0.357. The summed E-state index contributed by atoms with van der Waals surface area (Å²) in [6.45, 7) is 8.47. The van der Waals surface area contributed by atoms with Gasteiger partial charge in [-0.05, 0) is 38.5 Å². The molecule has 0 unspecified atom stereocenters. The molecule has 0 atom stereocenters. The van der Waals surface area contributed by atoms with E-state index < -0.39 is 23.4 Å². The molecule has 0 aromatic heterocycles. The van der Waals surface area contributed by atoms with Gasteiger partial charge in [-0.2, -0.15) is 13.2 Å². The minimum absolute atomic E-state index is 0.00377. The van der Waals surface area contributed by atoms with Crippen molar-refractivity contribution in [2.75, 3.05) is 5.32 Å². The highest BCUT2D eigenvalue weighted by Crippen LogP contribution is 2.32. The van der Waals surface area contributed by atoms with E-state index in [9.17, 15) is 18.0 Å². The molecule has 0 aliphatic rings. The number of hydrogen-bond acceptors (Lipinski definition) is 2. The Morgan fingerprint density at radius 1 is 1.30 bits per heavy atom. The number of carbonyl (C=O) groups is 1. The quantitative estimate of drug-likeness (QED) is 0.856. The fourth-order valence-electron chi connectivity index (χ4n) is 1.43. The van der Waals surface area contributed by atoms with Crippen LogP contribution >= 0.6 is 0 Å². The molecular weight excluding hydrogens is 271 g/mol. The molecule has 1 rings (SSSR count). The summed E-state index contributed by atoms with van der Waals surface area (Å²) in [5.41, 5.74) is -1.21. The molecule has 0 saturated carbocycles. The van der Waals surface area contributed by atoms with Crippen molar-refractivity contribution in [2.45, 2.75) is 32.5 Å². The molecule has 0 heterocycles. The lowest BCUT2D eigenvalue weighted by Crippen LogP contribution is -2.27. The van der Waals surface area contributed by atoms with Crippen molar-refractivity contribution >= 4 is 17.9 Å². The number of amides is 1. The maximum Gasteiger partial charge on any atom is 0.416 e. The van der Waals surface area contributed by atoms with Crippen LogP contribution in [0.25, 0.3) is 6.08 Å². The van der Waals surface area contributed by atoms with Crippen LogP contribution in [0.3, 0.4) is 0 Å². The van der Waals surface area contributed by atoms with Gasteiger partial charge in [0, 0.05) is 0 Å². The van der Waals surface area contributed by atoms with E-state index in [2.05, 4.69) is 11.9 Å². The van der Waals surface area contributed by atoms with E-state index in [-0.39, 0.29) is 5.69 Å². The van der Waals surface area contributed by atoms with Crippen molar-refractivity contribution in [3.8, 4) is 0 Å². The van der Waals surface area contributed by atoms with E-state index in [1.165, 1.54) is 12.1 Å². The van der Waals surface area contributed by atoms with Crippen LogP contribution < -0.4 is 5.32 Å². The minimum atomic E-state index is -4.48. The third kappa shape index (κ3) is 4.60. The zero-order valence-electron chi connectivity index (χ0n) is 11.5. The SMILES string of the molecule is C=Cc1ccc(C(F)(F)F)cc1NC(=O)OC(C)(C)C. The predicted molar refractivity (Wildman–Crippen MR) is 71.4 cm³/mol. The molecule has 1 aromatic rings. The molecule has 110 valence electrons. The van der Waals surface area contributed by atoms with E-state index in [1.54, 1.807) is 20.8 Å². The zero-order valence-corrected chi connectivity index (χ0v) is 11.5. The lowest BCUT2D eigenvalue weighted by Gasteiger charge is -2.20. The van der Waals surface area contributed by atoms with Crippen LogP contribution in [0.2, 0.25) is 0 Å². The van der Waals surface area contributed by atoms with Crippen LogP contribution in [-0.4, -0.2) is 11.7 Å². The monoisotopic (exact) mass is 287 g/mol. The summed E-state index contributed by atoms with van der Waals surface area (Å²) in [5, 5.41) is 2.30. The summed E-state index contributed by atoms with van der Waals surface area (Å²) >= 11 is 0. The summed E-state index contributed by atoms with van der Waals surface area (Å²) in [5.74, 6) is 0. The molecule has 0 bridgehead atoms. The number of hydrogen-bond donors (Lipinski definition) is 1. The van der Waals surface area contributed by atoms with Crippen molar-refractivity contribution in [3.63, 3.8) is 0 Å². The first-order valence-corrected chi connectivity index (χ1v) is 5.86. The molecule has 20 heavy (non-hydrogen) atoms. The summed E-state index contributed by atoms with van der Waals surface area (Å²) < 4.78 is 42.9. The van der Waals surface area contributed by atoms with Crippen LogP contribution in [0.5, 0.6) is 0 Å². The van der Waals surface area contributed by atoms with Gasteiger partial charge in [-0.1, -0.05) is 18.7 Å². The van der Waals surface area contributed by atoms with Crippen molar-refractivity contribution in [1.29, 1.82) is 0 Å². The smallest absolute Gasteiger partial charge is 0.416 e. The highest BCUT2D eigenvalue weighted by Gasteiger charge is 2.31. The summed E-state index contributed by atoms with van der Waals surface area (Å²) in [7, 11) is 0. The molecule has 1 aromatic carbocycles. The Balaban J connectivity index is 3.03. The first kappa shape index (κ1) is 16.1. The number of rotatable bonds is 2. The van der Waals surface area contributed by atoms with Crippen molar-refractivity contribution in [2.24, 2.45) is 0 Å². The van der Waals surface area contributed by atoms with Crippen LogP contribution in [0.4, 0.5) is 23.7 Å². The first-order chi connectivity index (χ1) is 9.03. The van der Waals surface area contributed by atoms with Gasteiger partial charge in [0.25, 0.3) is 0 Å². The number of nitrogens with one attached hydrogen (secondary N) is 1. The van der Waals surface area contributed by atoms with Crippen molar-refractivity contribution < 1.29 is 22.7 Å². The van der Waals surface area contributed by atoms with Gasteiger partial charge in [0.1, 0.15) is 5.60 Å². The van der Waals surface area contributed by atoms with E-state index >= 15 is 0 Å². The molecular formula is C14H16F3NO2. The van der Waals surface area contributed by atoms with E-state index in [0.29, 0.717) is 5.56 Å². The molecule has 0 aliphatic carbocycles. The second-order valence-corrected chi connectivity index (χ2v) is 5.13. The molecule has 3 nitrogen and oxygen atoms in total. The molecule has 0 spiro atoms. The van der Waals surface area contributed by atoms with Crippen LogP contribution in [-0.2, 0) is 10.9 Å². The number of benzene rings is 1. The van der Waals surface area contributed by atoms with Crippen molar-refractivity contribution in [3.05, 3.63) is 35.9 Å². The Labute approximate surface area is 115 Å². The van der Waals surface area contributed by atoms with Gasteiger partial charge in [-0.15, -0.1) is 0 Å². The number of anilines is 1. The number of carbonyl (C=O) groups excluding carboxylic acids is 1.